The lowest BCUT2D eigenvalue weighted by Crippen LogP contribution is -2.49. The highest BCUT2D eigenvalue weighted by molar-refractivity contribution is 5.76. The summed E-state index contributed by atoms with van der Waals surface area (Å²) in [6.07, 6.45) is 2.35. The number of allylic oxidation sites excluding steroid dienone is 1. The number of hydrogen-bond donors (Lipinski definition) is 0. The maximum absolute atomic E-state index is 13.0. The molecule has 0 aliphatic carbocycles. The van der Waals surface area contributed by atoms with Crippen molar-refractivity contribution in [1.82, 2.24) is 19.2 Å². The van der Waals surface area contributed by atoms with Gasteiger partial charge in [0.25, 0.3) is 5.56 Å². The van der Waals surface area contributed by atoms with Crippen molar-refractivity contribution in [3.63, 3.8) is 0 Å². The first-order valence-corrected chi connectivity index (χ1v) is 10.5. The van der Waals surface area contributed by atoms with Crippen molar-refractivity contribution in [2.24, 2.45) is 5.92 Å². The molecule has 1 fully saturated rings. The number of rotatable bonds is 5. The van der Waals surface area contributed by atoms with E-state index < -0.39 is 0 Å². The highest BCUT2D eigenvalue weighted by Crippen LogP contribution is 2.35. The lowest BCUT2D eigenvalue weighted by Gasteiger charge is -2.42. The Morgan fingerprint density at radius 3 is 2.79 bits per heavy atom. The first-order chi connectivity index (χ1) is 13.8. The number of fused-ring (bicyclic) bond motifs is 4. The zero-order chi connectivity index (χ0) is 20.7. The van der Waals surface area contributed by atoms with Gasteiger partial charge in [0.15, 0.2) is 0 Å². The van der Waals surface area contributed by atoms with Gasteiger partial charge in [-0.2, -0.15) is 5.10 Å². The number of carbonyl (C=O) groups excluding carboxylic acids is 1. The fourth-order valence-electron chi connectivity index (χ4n) is 4.97. The number of pyridine rings is 1. The van der Waals surface area contributed by atoms with Crippen LogP contribution in [0.1, 0.15) is 48.3 Å². The molecule has 0 aromatic carbocycles. The summed E-state index contributed by atoms with van der Waals surface area (Å²) < 4.78 is 3.87. The predicted octanol–water partition coefficient (Wildman–Crippen LogP) is 2.82. The molecule has 0 unspecified atom stereocenters. The second-order valence-corrected chi connectivity index (χ2v) is 8.75. The number of carbonyl (C=O) groups is 1. The van der Waals surface area contributed by atoms with Crippen LogP contribution in [0, 0.1) is 19.8 Å². The van der Waals surface area contributed by atoms with Gasteiger partial charge in [0.05, 0.1) is 5.69 Å². The van der Waals surface area contributed by atoms with E-state index in [1.165, 1.54) is 5.56 Å². The van der Waals surface area contributed by atoms with Crippen LogP contribution in [0.15, 0.2) is 35.1 Å². The maximum atomic E-state index is 13.0. The second kappa shape index (κ2) is 7.65. The summed E-state index contributed by atoms with van der Waals surface area (Å²) in [5.41, 5.74) is 5.64. The van der Waals surface area contributed by atoms with Crippen molar-refractivity contribution in [1.29, 1.82) is 0 Å². The SMILES string of the molecule is C=C(C)Cc1c(C)nn(CCC(=O)N2C[C@H]3C[C@@H](C2)c2cccc(=O)n2C3)c1C. The second-order valence-electron chi connectivity index (χ2n) is 8.75. The van der Waals surface area contributed by atoms with Crippen molar-refractivity contribution < 1.29 is 4.79 Å². The number of aryl methyl sites for hydroxylation is 2. The molecular weight excluding hydrogens is 364 g/mol. The molecule has 4 rings (SSSR count). The van der Waals surface area contributed by atoms with E-state index in [0.717, 1.165) is 48.6 Å². The van der Waals surface area contributed by atoms with E-state index in [1.807, 2.05) is 40.1 Å². The van der Waals surface area contributed by atoms with Gasteiger partial charge in [0, 0.05) is 56.0 Å². The number of aromatic nitrogens is 3. The molecule has 6 nitrogen and oxygen atoms in total. The molecule has 2 aromatic heterocycles. The molecule has 6 heteroatoms. The van der Waals surface area contributed by atoms with Gasteiger partial charge in [0.2, 0.25) is 5.91 Å². The molecule has 1 amide bonds. The van der Waals surface area contributed by atoms with Crippen LogP contribution in [0.5, 0.6) is 0 Å². The average Bonchev–Trinajstić information content (AvgIpc) is 2.94. The molecule has 0 N–H and O–H groups in total. The number of amides is 1. The van der Waals surface area contributed by atoms with E-state index in [2.05, 4.69) is 18.6 Å². The van der Waals surface area contributed by atoms with Gasteiger partial charge in [-0.25, -0.2) is 0 Å². The van der Waals surface area contributed by atoms with Crippen molar-refractivity contribution in [2.45, 2.75) is 59.0 Å². The fourth-order valence-corrected chi connectivity index (χ4v) is 4.97. The smallest absolute Gasteiger partial charge is 0.250 e. The van der Waals surface area contributed by atoms with Crippen LogP contribution in [0.25, 0.3) is 0 Å². The van der Waals surface area contributed by atoms with Crippen molar-refractivity contribution >= 4 is 5.91 Å². The van der Waals surface area contributed by atoms with Crippen LogP contribution in [0.2, 0.25) is 0 Å². The van der Waals surface area contributed by atoms with Crippen molar-refractivity contribution in [3.8, 4) is 0 Å². The topological polar surface area (TPSA) is 60.1 Å². The summed E-state index contributed by atoms with van der Waals surface area (Å²) in [5.74, 6) is 0.804. The van der Waals surface area contributed by atoms with Gasteiger partial charge in [-0.1, -0.05) is 18.2 Å². The Kier molecular flexibility index (Phi) is 5.19. The number of likely N-dealkylation sites (tertiary alicyclic amines) is 1. The molecule has 2 bridgehead atoms. The molecule has 0 radical (unpaired) electrons. The number of hydrogen-bond acceptors (Lipinski definition) is 3. The molecule has 0 spiro atoms. The molecule has 2 aliphatic rings. The molecular formula is C23H30N4O2. The van der Waals surface area contributed by atoms with Gasteiger partial charge >= 0.3 is 0 Å². The predicted molar refractivity (Wildman–Crippen MR) is 113 cm³/mol. The van der Waals surface area contributed by atoms with Crippen LogP contribution in [-0.4, -0.2) is 38.2 Å². The Labute approximate surface area is 171 Å². The minimum Gasteiger partial charge on any atom is -0.342 e. The molecule has 1 saturated heterocycles. The molecule has 2 aromatic rings. The Morgan fingerprint density at radius 2 is 2.03 bits per heavy atom. The Morgan fingerprint density at radius 1 is 1.24 bits per heavy atom. The third kappa shape index (κ3) is 3.80. The first-order valence-electron chi connectivity index (χ1n) is 10.5. The monoisotopic (exact) mass is 394 g/mol. The van der Waals surface area contributed by atoms with Crippen LogP contribution in [0.3, 0.4) is 0 Å². The molecule has 4 heterocycles. The highest BCUT2D eigenvalue weighted by atomic mass is 16.2. The molecule has 2 atom stereocenters. The summed E-state index contributed by atoms with van der Waals surface area (Å²) in [5, 5.41) is 4.64. The first kappa shape index (κ1) is 19.7. The normalized spacial score (nSPS) is 20.4. The number of nitrogens with zero attached hydrogens (tertiary/aromatic N) is 4. The fraction of sp³-hybridized carbons (Fsp3) is 0.522. The summed E-state index contributed by atoms with van der Waals surface area (Å²) in [6.45, 7) is 12.9. The average molecular weight is 395 g/mol. The summed E-state index contributed by atoms with van der Waals surface area (Å²) in [7, 11) is 0. The molecule has 2 aliphatic heterocycles. The quantitative estimate of drug-likeness (QED) is 0.733. The maximum Gasteiger partial charge on any atom is 0.250 e. The van der Waals surface area contributed by atoms with Gasteiger partial charge in [-0.05, 0) is 51.2 Å². The Bertz CT molecular complexity index is 1020. The van der Waals surface area contributed by atoms with Gasteiger partial charge in [0.1, 0.15) is 0 Å². The lowest BCUT2D eigenvalue weighted by molar-refractivity contribution is -0.134. The van der Waals surface area contributed by atoms with Crippen molar-refractivity contribution in [3.05, 3.63) is 63.4 Å². The largest absolute Gasteiger partial charge is 0.342 e. The van der Waals surface area contributed by atoms with Gasteiger partial charge < -0.3 is 9.47 Å². The standard InChI is InChI=1S/C23H30N4O2/c1-15(2)10-20-16(3)24-27(17(20)4)9-8-22(28)25-12-18-11-19(14-25)21-6-5-7-23(29)26(21)13-18/h5-7,18-19H,1,8-14H2,2-4H3/t18-,19+/m1/s1. The molecule has 154 valence electrons. The van der Waals surface area contributed by atoms with E-state index in [-0.39, 0.29) is 17.4 Å². The summed E-state index contributed by atoms with van der Waals surface area (Å²) >= 11 is 0. The lowest BCUT2D eigenvalue weighted by atomic mass is 9.83. The highest BCUT2D eigenvalue weighted by Gasteiger charge is 2.36. The summed E-state index contributed by atoms with van der Waals surface area (Å²) in [4.78, 5) is 27.1. The minimum absolute atomic E-state index is 0.0760. The van der Waals surface area contributed by atoms with Crippen LogP contribution >= 0.6 is 0 Å². The van der Waals surface area contributed by atoms with Gasteiger partial charge in [-0.15, -0.1) is 0 Å². The molecule has 29 heavy (non-hydrogen) atoms. The van der Waals surface area contributed by atoms with Crippen molar-refractivity contribution in [2.75, 3.05) is 13.1 Å². The summed E-state index contributed by atoms with van der Waals surface area (Å²) in [6, 6.07) is 5.50. The molecule has 0 saturated carbocycles. The number of piperidine rings is 1. The van der Waals surface area contributed by atoms with E-state index in [1.54, 1.807) is 6.07 Å². The van der Waals surface area contributed by atoms with E-state index >= 15 is 0 Å². The van der Waals surface area contributed by atoms with E-state index in [4.69, 9.17) is 0 Å². The third-order valence-corrected chi connectivity index (χ3v) is 6.38. The zero-order valence-corrected chi connectivity index (χ0v) is 17.6. The van der Waals surface area contributed by atoms with Gasteiger partial charge in [-0.3, -0.25) is 14.3 Å². The van der Waals surface area contributed by atoms with E-state index in [0.29, 0.717) is 25.4 Å². The van der Waals surface area contributed by atoms with Crippen LogP contribution < -0.4 is 5.56 Å². The van der Waals surface area contributed by atoms with Crippen LogP contribution in [-0.2, 0) is 24.3 Å². The third-order valence-electron chi connectivity index (χ3n) is 6.38. The minimum atomic E-state index is 0.0760. The Hall–Kier alpha value is -2.63. The van der Waals surface area contributed by atoms with E-state index in [9.17, 15) is 9.59 Å². The zero-order valence-electron chi connectivity index (χ0n) is 17.6. The Balaban J connectivity index is 1.43. The van der Waals surface area contributed by atoms with Crippen LogP contribution in [0.4, 0.5) is 0 Å².